The molecular formula is C9H10F4N4O3S. The molecule has 0 fully saturated rings. The molecule has 2 heterocycles. The van der Waals surface area contributed by atoms with Gasteiger partial charge < -0.3 is 4.84 Å². The van der Waals surface area contributed by atoms with Crippen molar-refractivity contribution in [2.75, 3.05) is 0 Å². The lowest BCUT2D eigenvalue weighted by molar-refractivity contribution is -0.141. The van der Waals surface area contributed by atoms with Crippen molar-refractivity contribution in [3.05, 3.63) is 11.4 Å². The smallest absolute Gasteiger partial charge is 0.385 e. The largest absolute Gasteiger partial charge is 0.437 e. The summed E-state index contributed by atoms with van der Waals surface area (Å²) in [4.78, 5) is 4.64. The van der Waals surface area contributed by atoms with Crippen molar-refractivity contribution in [3.63, 3.8) is 0 Å². The van der Waals surface area contributed by atoms with Crippen molar-refractivity contribution in [2.24, 2.45) is 5.16 Å². The van der Waals surface area contributed by atoms with E-state index >= 15 is 0 Å². The van der Waals surface area contributed by atoms with E-state index in [2.05, 4.69) is 20.2 Å². The molecule has 1 aromatic heterocycles. The topological polar surface area (TPSA) is 97.3 Å². The van der Waals surface area contributed by atoms with E-state index in [1.54, 1.807) is 5.21 Å². The molecule has 118 valence electrons. The van der Waals surface area contributed by atoms with Gasteiger partial charge in [0.2, 0.25) is 14.9 Å². The zero-order chi connectivity index (χ0) is 16.1. The van der Waals surface area contributed by atoms with E-state index in [-0.39, 0.29) is 0 Å². The van der Waals surface area contributed by atoms with Gasteiger partial charge in [-0.3, -0.25) is 0 Å². The monoisotopic (exact) mass is 330 g/mol. The van der Waals surface area contributed by atoms with Crippen LogP contribution in [0.3, 0.4) is 0 Å². The molecule has 0 amide bonds. The predicted molar refractivity (Wildman–Crippen MR) is 61.5 cm³/mol. The van der Waals surface area contributed by atoms with Gasteiger partial charge in [-0.1, -0.05) is 5.16 Å². The Morgan fingerprint density at radius 1 is 1.33 bits per heavy atom. The number of hydrogen-bond acceptors (Lipinski definition) is 6. The molecule has 0 aliphatic carbocycles. The zero-order valence-corrected chi connectivity index (χ0v) is 11.6. The molecule has 1 aromatic rings. The minimum Gasteiger partial charge on any atom is -0.385 e. The Morgan fingerprint density at radius 2 is 1.95 bits per heavy atom. The molecule has 0 saturated heterocycles. The average Bonchev–Trinajstić information content (AvgIpc) is 2.84. The first kappa shape index (κ1) is 15.7. The van der Waals surface area contributed by atoms with Gasteiger partial charge in [0.05, 0.1) is 0 Å². The van der Waals surface area contributed by atoms with Gasteiger partial charge in [0.1, 0.15) is 11.4 Å². The molecule has 2 rings (SSSR count). The summed E-state index contributed by atoms with van der Waals surface area (Å²) in [6, 6.07) is 0. The number of H-pyrrole nitrogens is 1. The summed E-state index contributed by atoms with van der Waals surface area (Å²) < 4.78 is 75.6. The molecular weight excluding hydrogens is 320 g/mol. The van der Waals surface area contributed by atoms with Crippen molar-refractivity contribution >= 4 is 14.9 Å². The molecule has 0 bridgehead atoms. The van der Waals surface area contributed by atoms with E-state index in [0.717, 1.165) is 0 Å². The summed E-state index contributed by atoms with van der Waals surface area (Å²) >= 11 is 0. The third-order valence-electron chi connectivity index (χ3n) is 2.73. The van der Waals surface area contributed by atoms with E-state index in [0.29, 0.717) is 0 Å². The summed E-state index contributed by atoms with van der Waals surface area (Å²) in [5, 5.41) is 9.87. The van der Waals surface area contributed by atoms with E-state index in [1.807, 2.05) is 0 Å². The Labute approximate surface area is 116 Å². The van der Waals surface area contributed by atoms with Crippen molar-refractivity contribution in [3.8, 4) is 0 Å². The van der Waals surface area contributed by atoms with Crippen LogP contribution in [0.1, 0.15) is 25.2 Å². The Balaban J connectivity index is 2.31. The quantitative estimate of drug-likeness (QED) is 0.822. The summed E-state index contributed by atoms with van der Waals surface area (Å²) in [6.07, 6.45) is -6.95. The van der Waals surface area contributed by atoms with Crippen LogP contribution in [-0.2, 0) is 26.6 Å². The van der Waals surface area contributed by atoms with Crippen LogP contribution in [0.5, 0.6) is 0 Å². The highest BCUT2D eigenvalue weighted by molar-refractivity contribution is 8.05. The van der Waals surface area contributed by atoms with Gasteiger partial charge in [-0.05, 0) is 13.8 Å². The molecule has 1 aliphatic rings. The maximum Gasteiger partial charge on any atom is 0.437 e. The Kier molecular flexibility index (Phi) is 3.46. The second-order valence-electron chi connectivity index (χ2n) is 4.86. The average molecular weight is 330 g/mol. The lowest BCUT2D eigenvalue weighted by Crippen LogP contribution is -2.37. The molecule has 1 unspecified atom stereocenters. The summed E-state index contributed by atoms with van der Waals surface area (Å²) in [6.45, 7) is 2.53. The lowest BCUT2D eigenvalue weighted by Gasteiger charge is -2.17. The minimum absolute atomic E-state index is 0.859. The van der Waals surface area contributed by atoms with E-state index < -0.39 is 50.0 Å². The number of aromatic amines is 1. The molecule has 0 saturated carbocycles. The molecule has 1 N–H and O–H groups in total. The van der Waals surface area contributed by atoms with Crippen molar-refractivity contribution < 1.29 is 30.8 Å². The highest BCUT2D eigenvalue weighted by Gasteiger charge is 2.48. The van der Waals surface area contributed by atoms with Gasteiger partial charge >= 0.3 is 6.18 Å². The summed E-state index contributed by atoms with van der Waals surface area (Å²) in [5.41, 5.74) is -3.83. The normalized spacial score (nSPS) is 22.0. The number of oxime groups is 1. The minimum atomic E-state index is -4.87. The second kappa shape index (κ2) is 4.64. The van der Waals surface area contributed by atoms with Crippen LogP contribution < -0.4 is 0 Å². The van der Waals surface area contributed by atoms with E-state index in [9.17, 15) is 26.0 Å². The number of sulfone groups is 1. The first-order valence-corrected chi connectivity index (χ1v) is 7.20. The fourth-order valence-corrected chi connectivity index (χ4v) is 3.06. The third kappa shape index (κ3) is 2.84. The molecule has 0 radical (unpaired) electrons. The maximum absolute atomic E-state index is 13.9. The first-order chi connectivity index (χ1) is 9.45. The Bertz CT molecular complexity index is 679. The maximum atomic E-state index is 13.9. The number of rotatable bonds is 2. The van der Waals surface area contributed by atoms with Crippen molar-refractivity contribution in [2.45, 2.75) is 37.5 Å². The highest BCUT2D eigenvalue weighted by atomic mass is 32.2. The van der Waals surface area contributed by atoms with Gasteiger partial charge in [0.25, 0.3) is 0 Å². The Hall–Kier alpha value is -1.72. The first-order valence-electron chi connectivity index (χ1n) is 5.55. The number of nitrogens with one attached hydrogen (secondary N) is 1. The van der Waals surface area contributed by atoms with Gasteiger partial charge in [-0.25, -0.2) is 12.8 Å². The molecule has 7 nitrogen and oxygen atoms in total. The molecule has 0 aromatic carbocycles. The number of nitrogens with zero attached hydrogens (tertiary/aromatic N) is 3. The van der Waals surface area contributed by atoms with Crippen LogP contribution in [0, 0.1) is 0 Å². The lowest BCUT2D eigenvalue weighted by atomic mass is 10.1. The number of halogens is 4. The van der Waals surface area contributed by atoms with Gasteiger partial charge in [0, 0.05) is 0 Å². The number of alkyl halides is 4. The predicted octanol–water partition coefficient (Wildman–Crippen LogP) is 1.20. The van der Waals surface area contributed by atoms with Crippen molar-refractivity contribution in [1.82, 2.24) is 15.4 Å². The number of hydrogen-bond donors (Lipinski definition) is 1. The van der Waals surface area contributed by atoms with Gasteiger partial charge in [0.15, 0.2) is 17.5 Å². The van der Waals surface area contributed by atoms with Crippen LogP contribution in [0.25, 0.3) is 0 Å². The fraction of sp³-hybridized carbons (Fsp3) is 0.667. The van der Waals surface area contributed by atoms with Crippen LogP contribution in [0.15, 0.2) is 5.16 Å². The molecule has 1 atom stereocenters. The highest BCUT2D eigenvalue weighted by Crippen LogP contribution is 2.32. The molecule has 12 heteroatoms. The zero-order valence-electron chi connectivity index (χ0n) is 10.8. The van der Waals surface area contributed by atoms with Crippen molar-refractivity contribution in [1.29, 1.82) is 0 Å². The van der Waals surface area contributed by atoms with Crippen LogP contribution in [0.2, 0.25) is 0 Å². The third-order valence-corrected chi connectivity index (χ3v) is 4.30. The summed E-state index contributed by atoms with van der Waals surface area (Å²) in [5.74, 6) is -1.18. The van der Waals surface area contributed by atoms with Crippen LogP contribution in [-0.4, -0.2) is 40.6 Å². The van der Waals surface area contributed by atoms with Crippen LogP contribution in [0.4, 0.5) is 17.6 Å². The van der Waals surface area contributed by atoms with Gasteiger partial charge in [-0.2, -0.15) is 28.6 Å². The van der Waals surface area contributed by atoms with E-state index in [4.69, 9.17) is 0 Å². The van der Waals surface area contributed by atoms with E-state index in [1.165, 1.54) is 13.8 Å². The number of aromatic nitrogens is 3. The standard InChI is InChI=1S/C9H10F4N4O3S/c1-8(2)5(10)7(16-20-8)21(18,19)3-4-6(9(11,12)13)15-17-14-4/h5H,3H2,1-2H3,(H,14,15,17). The van der Waals surface area contributed by atoms with Gasteiger partial charge in [-0.15, -0.1) is 0 Å². The summed E-state index contributed by atoms with van der Waals surface area (Å²) in [7, 11) is -4.46. The van der Waals surface area contributed by atoms with Crippen LogP contribution >= 0.6 is 0 Å². The Morgan fingerprint density at radius 3 is 2.43 bits per heavy atom. The SMILES string of the molecule is CC1(C)ON=C(S(=O)(=O)Cc2n[nH]nc2C(F)(F)F)C1F. The molecule has 1 aliphatic heterocycles. The molecule has 21 heavy (non-hydrogen) atoms. The second-order valence-corrected chi connectivity index (χ2v) is 6.80. The molecule has 0 spiro atoms. The fourth-order valence-electron chi connectivity index (χ4n) is 1.60.